The lowest BCUT2D eigenvalue weighted by atomic mass is 10.1. The minimum Gasteiger partial charge on any atom is -0.322 e. The summed E-state index contributed by atoms with van der Waals surface area (Å²) < 4.78 is 2.03. The number of hydrogen-bond acceptors (Lipinski definition) is 4. The van der Waals surface area contributed by atoms with E-state index in [4.69, 9.17) is 0 Å². The molecular formula is C25H26N4OS. The van der Waals surface area contributed by atoms with Crippen LogP contribution in [0.15, 0.2) is 84.0 Å². The molecule has 4 aromatic rings. The number of nitrogens with one attached hydrogen (secondary N) is 1. The maximum absolute atomic E-state index is 12.6. The molecule has 4 rings (SSSR count). The van der Waals surface area contributed by atoms with Crippen LogP contribution >= 0.6 is 11.8 Å². The number of fused-ring (bicyclic) bond motifs is 1. The van der Waals surface area contributed by atoms with Crippen LogP contribution in [0.4, 0.5) is 5.69 Å². The van der Waals surface area contributed by atoms with Crippen molar-refractivity contribution in [3.05, 3.63) is 95.9 Å². The first-order valence-electron chi connectivity index (χ1n) is 10.3. The molecule has 0 unspecified atom stereocenters. The molecule has 2 heterocycles. The Morgan fingerprint density at radius 3 is 2.52 bits per heavy atom. The van der Waals surface area contributed by atoms with E-state index in [1.165, 1.54) is 5.56 Å². The van der Waals surface area contributed by atoms with Gasteiger partial charge in [-0.05, 0) is 74.6 Å². The van der Waals surface area contributed by atoms with Gasteiger partial charge in [0.1, 0.15) is 5.65 Å². The third-order valence-electron chi connectivity index (χ3n) is 4.98. The molecule has 0 aliphatic rings. The van der Waals surface area contributed by atoms with Gasteiger partial charge < -0.3 is 14.6 Å². The summed E-state index contributed by atoms with van der Waals surface area (Å²) in [7, 11) is 4.13. The normalized spacial score (nSPS) is 11.2. The summed E-state index contributed by atoms with van der Waals surface area (Å²) in [6.07, 6.45) is 5.05. The maximum Gasteiger partial charge on any atom is 0.255 e. The topological polar surface area (TPSA) is 49.6 Å². The van der Waals surface area contributed by atoms with Gasteiger partial charge in [0.15, 0.2) is 0 Å². The van der Waals surface area contributed by atoms with Crippen molar-refractivity contribution in [1.29, 1.82) is 0 Å². The predicted octanol–water partition coefficient (Wildman–Crippen LogP) is 4.98. The van der Waals surface area contributed by atoms with E-state index < -0.39 is 0 Å². The van der Waals surface area contributed by atoms with Crippen LogP contribution in [0.2, 0.25) is 0 Å². The number of likely N-dealkylation sites (N-methyl/N-ethyl adjacent to an activating group) is 1. The smallest absolute Gasteiger partial charge is 0.255 e. The van der Waals surface area contributed by atoms with Gasteiger partial charge in [0, 0.05) is 40.8 Å². The molecule has 0 radical (unpaired) electrons. The van der Waals surface area contributed by atoms with E-state index in [1.54, 1.807) is 11.8 Å². The van der Waals surface area contributed by atoms with Gasteiger partial charge in [-0.1, -0.05) is 18.2 Å². The van der Waals surface area contributed by atoms with Crippen LogP contribution in [-0.4, -0.2) is 40.8 Å². The van der Waals surface area contributed by atoms with Gasteiger partial charge in [0.2, 0.25) is 0 Å². The molecule has 0 saturated carbocycles. The van der Waals surface area contributed by atoms with Gasteiger partial charge in [-0.3, -0.25) is 4.79 Å². The van der Waals surface area contributed by atoms with E-state index in [0.717, 1.165) is 40.6 Å². The second-order valence-corrected chi connectivity index (χ2v) is 8.76. The van der Waals surface area contributed by atoms with Gasteiger partial charge >= 0.3 is 0 Å². The average Bonchev–Trinajstić information content (AvgIpc) is 3.20. The SMILES string of the molecule is CN(C)CCc1ccc(NC(=O)c2ccc(SCc3cn4ccccc4n3)cc2)cc1. The Balaban J connectivity index is 1.31. The predicted molar refractivity (Wildman–Crippen MR) is 128 cm³/mol. The fourth-order valence-corrected chi connectivity index (χ4v) is 4.01. The van der Waals surface area contributed by atoms with E-state index in [2.05, 4.69) is 47.6 Å². The molecule has 1 amide bonds. The second-order valence-electron chi connectivity index (χ2n) is 7.72. The summed E-state index contributed by atoms with van der Waals surface area (Å²) in [5.74, 6) is 0.686. The fraction of sp³-hybridized carbons (Fsp3) is 0.200. The number of carbonyl (C=O) groups excluding carboxylic acids is 1. The molecule has 0 aliphatic heterocycles. The average molecular weight is 431 g/mol. The highest BCUT2D eigenvalue weighted by Crippen LogP contribution is 2.23. The molecule has 31 heavy (non-hydrogen) atoms. The highest BCUT2D eigenvalue weighted by molar-refractivity contribution is 7.98. The van der Waals surface area contributed by atoms with Gasteiger partial charge in [0.05, 0.1) is 5.69 Å². The number of pyridine rings is 1. The first-order valence-corrected chi connectivity index (χ1v) is 11.3. The first-order chi connectivity index (χ1) is 15.1. The Morgan fingerprint density at radius 2 is 1.81 bits per heavy atom. The highest BCUT2D eigenvalue weighted by atomic mass is 32.2. The van der Waals surface area contributed by atoms with Crippen LogP contribution < -0.4 is 5.32 Å². The van der Waals surface area contributed by atoms with Crippen molar-refractivity contribution in [2.75, 3.05) is 26.0 Å². The molecular weight excluding hydrogens is 404 g/mol. The number of hydrogen-bond donors (Lipinski definition) is 1. The minimum absolute atomic E-state index is 0.0991. The van der Waals surface area contributed by atoms with Crippen LogP contribution in [-0.2, 0) is 12.2 Å². The molecule has 0 bridgehead atoms. The van der Waals surface area contributed by atoms with Crippen molar-refractivity contribution >= 4 is 29.0 Å². The Hall–Kier alpha value is -3.09. The lowest BCUT2D eigenvalue weighted by molar-refractivity contribution is 0.102. The number of anilines is 1. The third kappa shape index (κ3) is 5.75. The summed E-state index contributed by atoms with van der Waals surface area (Å²) in [5.41, 5.74) is 4.71. The fourth-order valence-electron chi connectivity index (χ4n) is 3.23. The second kappa shape index (κ2) is 9.81. The number of thioether (sulfide) groups is 1. The number of aromatic nitrogens is 2. The minimum atomic E-state index is -0.0991. The van der Waals surface area contributed by atoms with E-state index >= 15 is 0 Å². The van der Waals surface area contributed by atoms with Crippen molar-refractivity contribution in [3.63, 3.8) is 0 Å². The van der Waals surface area contributed by atoms with Gasteiger partial charge in [-0.2, -0.15) is 0 Å². The van der Waals surface area contributed by atoms with Gasteiger partial charge in [-0.15, -0.1) is 11.8 Å². The molecule has 0 atom stereocenters. The Bertz CT molecular complexity index is 1120. The van der Waals surface area contributed by atoms with Crippen molar-refractivity contribution < 1.29 is 4.79 Å². The standard InChI is InChI=1S/C25H26N4OS/c1-28(2)16-14-19-6-10-21(11-7-19)27-25(30)20-8-12-23(13-9-20)31-18-22-17-29-15-4-3-5-24(29)26-22/h3-13,15,17H,14,16,18H2,1-2H3,(H,27,30). The largest absolute Gasteiger partial charge is 0.322 e. The van der Waals surface area contributed by atoms with Crippen LogP contribution in [0.25, 0.3) is 5.65 Å². The molecule has 0 spiro atoms. The molecule has 158 valence electrons. The zero-order valence-corrected chi connectivity index (χ0v) is 18.6. The number of nitrogens with zero attached hydrogens (tertiary/aromatic N) is 3. The quantitative estimate of drug-likeness (QED) is 0.401. The van der Waals surface area contributed by atoms with E-state index in [1.807, 2.05) is 65.2 Å². The molecule has 1 N–H and O–H groups in total. The Labute approximate surface area is 187 Å². The molecule has 2 aromatic heterocycles. The van der Waals surface area contributed by atoms with Crippen LogP contribution in [0.1, 0.15) is 21.6 Å². The van der Waals surface area contributed by atoms with E-state index in [-0.39, 0.29) is 5.91 Å². The maximum atomic E-state index is 12.6. The Morgan fingerprint density at radius 1 is 1.03 bits per heavy atom. The number of carbonyl (C=O) groups is 1. The van der Waals surface area contributed by atoms with Gasteiger partial charge in [-0.25, -0.2) is 4.98 Å². The summed E-state index contributed by atoms with van der Waals surface area (Å²) in [4.78, 5) is 20.5. The molecule has 6 heteroatoms. The molecule has 0 fully saturated rings. The van der Waals surface area contributed by atoms with E-state index in [9.17, 15) is 4.79 Å². The van der Waals surface area contributed by atoms with Crippen molar-refractivity contribution in [2.45, 2.75) is 17.1 Å². The van der Waals surface area contributed by atoms with Crippen LogP contribution in [0, 0.1) is 0 Å². The third-order valence-corrected chi connectivity index (χ3v) is 6.02. The summed E-state index contributed by atoms with van der Waals surface area (Å²) in [5, 5.41) is 2.97. The lowest BCUT2D eigenvalue weighted by Gasteiger charge is -2.10. The Kier molecular flexibility index (Phi) is 6.70. The zero-order chi connectivity index (χ0) is 21.6. The van der Waals surface area contributed by atoms with Gasteiger partial charge in [0.25, 0.3) is 5.91 Å². The summed E-state index contributed by atoms with van der Waals surface area (Å²) in [6.45, 7) is 1.01. The lowest BCUT2D eigenvalue weighted by Crippen LogP contribution is -2.15. The number of imidazole rings is 1. The number of amides is 1. The van der Waals surface area contributed by atoms with Crippen molar-refractivity contribution in [1.82, 2.24) is 14.3 Å². The zero-order valence-electron chi connectivity index (χ0n) is 17.8. The molecule has 0 saturated heterocycles. The van der Waals surface area contributed by atoms with Crippen molar-refractivity contribution in [2.24, 2.45) is 0 Å². The van der Waals surface area contributed by atoms with E-state index in [0.29, 0.717) is 5.56 Å². The summed E-state index contributed by atoms with van der Waals surface area (Å²) >= 11 is 1.71. The number of benzene rings is 2. The van der Waals surface area contributed by atoms with Crippen molar-refractivity contribution in [3.8, 4) is 0 Å². The molecule has 5 nitrogen and oxygen atoms in total. The van der Waals surface area contributed by atoms with Crippen LogP contribution in [0.5, 0.6) is 0 Å². The summed E-state index contributed by atoms with van der Waals surface area (Å²) in [6, 6.07) is 21.7. The first kappa shape index (κ1) is 21.2. The molecule has 0 aliphatic carbocycles. The molecule has 2 aromatic carbocycles. The monoisotopic (exact) mass is 430 g/mol. The number of rotatable bonds is 8. The highest BCUT2D eigenvalue weighted by Gasteiger charge is 2.07. The van der Waals surface area contributed by atoms with Crippen LogP contribution in [0.3, 0.4) is 0 Å².